The van der Waals surface area contributed by atoms with Gasteiger partial charge in [-0.25, -0.2) is 4.98 Å². The number of esters is 1. The highest BCUT2D eigenvalue weighted by molar-refractivity contribution is 7.99. The molecular formula is C11H18N2O2S2. The minimum absolute atomic E-state index is 0.221. The third-order valence-corrected chi connectivity index (χ3v) is 3.95. The molecule has 96 valence electrons. The number of carbonyl (C=O) groups excluding carboxylic acids is 1. The van der Waals surface area contributed by atoms with Crippen LogP contribution in [0.1, 0.15) is 19.5 Å². The summed E-state index contributed by atoms with van der Waals surface area (Å²) in [5, 5.41) is 6.56. The highest BCUT2D eigenvalue weighted by Gasteiger charge is 2.08. The number of thiazole rings is 1. The lowest BCUT2D eigenvalue weighted by Gasteiger charge is -2.07. The second kappa shape index (κ2) is 7.55. The Morgan fingerprint density at radius 1 is 1.71 bits per heavy atom. The molecule has 0 saturated carbocycles. The maximum Gasteiger partial charge on any atom is 0.311 e. The molecule has 0 aliphatic carbocycles. The third kappa shape index (κ3) is 5.41. The molecule has 0 aliphatic heterocycles. The molecule has 1 unspecified atom stereocenters. The van der Waals surface area contributed by atoms with Gasteiger partial charge < -0.3 is 10.1 Å². The van der Waals surface area contributed by atoms with Crippen molar-refractivity contribution in [2.45, 2.75) is 25.5 Å². The molecule has 0 spiro atoms. The molecule has 0 saturated heterocycles. The Labute approximate surface area is 110 Å². The molecule has 1 aromatic heterocycles. The molecule has 1 N–H and O–H groups in total. The predicted octanol–water partition coefficient (Wildman–Crippen LogP) is 2.41. The van der Waals surface area contributed by atoms with E-state index in [1.165, 1.54) is 11.3 Å². The van der Waals surface area contributed by atoms with Gasteiger partial charge in [-0.1, -0.05) is 6.92 Å². The zero-order chi connectivity index (χ0) is 12.7. The topological polar surface area (TPSA) is 51.2 Å². The largest absolute Gasteiger partial charge is 0.466 e. The molecule has 4 nitrogen and oxygen atoms in total. The normalized spacial score (nSPS) is 12.2. The molecule has 6 heteroatoms. The molecule has 0 amide bonds. The van der Waals surface area contributed by atoms with Crippen LogP contribution in [0.25, 0.3) is 0 Å². The van der Waals surface area contributed by atoms with E-state index in [2.05, 4.69) is 23.5 Å². The van der Waals surface area contributed by atoms with E-state index in [1.54, 1.807) is 6.92 Å². The van der Waals surface area contributed by atoms with Gasteiger partial charge in [0.15, 0.2) is 5.13 Å². The number of aromatic nitrogens is 1. The maximum absolute atomic E-state index is 11.3. The van der Waals surface area contributed by atoms with Crippen molar-refractivity contribution in [1.82, 2.24) is 4.98 Å². The molecule has 0 fully saturated rings. The van der Waals surface area contributed by atoms with Gasteiger partial charge in [-0.05, 0) is 13.2 Å². The highest BCUT2D eigenvalue weighted by Crippen LogP contribution is 2.17. The predicted molar refractivity (Wildman–Crippen MR) is 73.9 cm³/mol. The molecular weight excluding hydrogens is 256 g/mol. The zero-order valence-corrected chi connectivity index (χ0v) is 12.0. The lowest BCUT2D eigenvalue weighted by molar-refractivity contribution is -0.142. The number of nitrogens with one attached hydrogen (secondary N) is 1. The van der Waals surface area contributed by atoms with Gasteiger partial charge in [0.2, 0.25) is 0 Å². The first-order valence-electron chi connectivity index (χ1n) is 5.52. The number of ether oxygens (including phenoxy) is 1. The Balaban J connectivity index is 2.39. The van der Waals surface area contributed by atoms with Crippen molar-refractivity contribution in [2.75, 3.05) is 24.7 Å². The van der Waals surface area contributed by atoms with Gasteiger partial charge in [-0.15, -0.1) is 11.3 Å². The van der Waals surface area contributed by atoms with Crippen molar-refractivity contribution in [3.63, 3.8) is 0 Å². The molecule has 17 heavy (non-hydrogen) atoms. The smallest absolute Gasteiger partial charge is 0.311 e. The van der Waals surface area contributed by atoms with Gasteiger partial charge >= 0.3 is 5.97 Å². The van der Waals surface area contributed by atoms with Crippen LogP contribution in [0.4, 0.5) is 5.13 Å². The average molecular weight is 274 g/mol. The molecule has 0 radical (unpaired) electrons. The van der Waals surface area contributed by atoms with E-state index >= 15 is 0 Å². The van der Waals surface area contributed by atoms with Crippen molar-refractivity contribution in [1.29, 1.82) is 0 Å². The van der Waals surface area contributed by atoms with E-state index in [-0.39, 0.29) is 12.4 Å². The molecule has 0 bridgehead atoms. The van der Waals surface area contributed by atoms with Crippen LogP contribution in [0.15, 0.2) is 5.38 Å². The van der Waals surface area contributed by atoms with Crippen molar-refractivity contribution in [3.05, 3.63) is 11.1 Å². The van der Waals surface area contributed by atoms with Crippen LogP contribution in [-0.4, -0.2) is 35.6 Å². The van der Waals surface area contributed by atoms with Crippen LogP contribution in [0.3, 0.4) is 0 Å². The van der Waals surface area contributed by atoms with Crippen molar-refractivity contribution < 1.29 is 9.53 Å². The average Bonchev–Trinajstić information content (AvgIpc) is 2.74. The van der Waals surface area contributed by atoms with Gasteiger partial charge in [0.25, 0.3) is 0 Å². The Morgan fingerprint density at radius 2 is 2.47 bits per heavy atom. The zero-order valence-electron chi connectivity index (χ0n) is 10.4. The Bertz CT molecular complexity index is 355. The first-order valence-corrected chi connectivity index (χ1v) is 7.69. The van der Waals surface area contributed by atoms with Gasteiger partial charge in [0.05, 0.1) is 18.7 Å². The van der Waals surface area contributed by atoms with Gasteiger partial charge in [0.1, 0.15) is 0 Å². The number of hydrogen-bond acceptors (Lipinski definition) is 6. The van der Waals surface area contributed by atoms with E-state index in [1.807, 2.05) is 17.1 Å². The molecule has 0 aliphatic rings. The summed E-state index contributed by atoms with van der Waals surface area (Å²) < 4.78 is 4.87. The fraction of sp³-hybridized carbons (Fsp3) is 0.636. The molecule has 1 aromatic rings. The number of rotatable bonds is 7. The summed E-state index contributed by atoms with van der Waals surface area (Å²) in [6, 6.07) is 0. The second-order valence-electron chi connectivity index (χ2n) is 3.55. The lowest BCUT2D eigenvalue weighted by Crippen LogP contribution is -2.12. The number of thioether (sulfide) groups is 1. The van der Waals surface area contributed by atoms with Crippen molar-refractivity contribution in [3.8, 4) is 0 Å². The fourth-order valence-electron chi connectivity index (χ4n) is 1.14. The third-order valence-electron chi connectivity index (χ3n) is 2.13. The SMILES string of the molecule is CCOC(=O)Cc1csc(NCC(C)SC)n1. The number of anilines is 1. The van der Waals surface area contributed by atoms with Crippen LogP contribution in [0, 0.1) is 0 Å². The van der Waals surface area contributed by atoms with E-state index in [0.29, 0.717) is 11.9 Å². The van der Waals surface area contributed by atoms with E-state index < -0.39 is 0 Å². The maximum atomic E-state index is 11.3. The number of carbonyl (C=O) groups is 1. The summed E-state index contributed by atoms with van der Waals surface area (Å²) in [4.78, 5) is 15.6. The summed E-state index contributed by atoms with van der Waals surface area (Å²) in [5.74, 6) is -0.221. The summed E-state index contributed by atoms with van der Waals surface area (Å²) in [6.45, 7) is 5.26. The molecule has 1 heterocycles. The van der Waals surface area contributed by atoms with E-state index in [9.17, 15) is 4.79 Å². The summed E-state index contributed by atoms with van der Waals surface area (Å²) in [7, 11) is 0. The minimum atomic E-state index is -0.221. The van der Waals surface area contributed by atoms with Crippen molar-refractivity contribution in [2.24, 2.45) is 0 Å². The fourth-order valence-corrected chi connectivity index (χ4v) is 2.11. The monoisotopic (exact) mass is 274 g/mol. The van der Waals surface area contributed by atoms with E-state index in [4.69, 9.17) is 4.74 Å². The quantitative estimate of drug-likeness (QED) is 0.774. The van der Waals surface area contributed by atoms with Crippen LogP contribution < -0.4 is 5.32 Å². The van der Waals surface area contributed by atoms with E-state index in [0.717, 1.165) is 17.4 Å². The van der Waals surface area contributed by atoms with Crippen molar-refractivity contribution >= 4 is 34.2 Å². The number of nitrogens with zero attached hydrogens (tertiary/aromatic N) is 1. The molecule has 0 aromatic carbocycles. The van der Waals surface area contributed by atoms with Crippen LogP contribution in [0.5, 0.6) is 0 Å². The molecule has 1 atom stereocenters. The Morgan fingerprint density at radius 3 is 3.12 bits per heavy atom. The molecule has 1 rings (SSSR count). The summed E-state index contributed by atoms with van der Waals surface area (Å²) in [6.07, 6.45) is 2.34. The Kier molecular flexibility index (Phi) is 6.36. The Hall–Kier alpha value is -0.750. The van der Waals surface area contributed by atoms with Crippen LogP contribution >= 0.6 is 23.1 Å². The van der Waals surface area contributed by atoms with Gasteiger partial charge in [-0.2, -0.15) is 11.8 Å². The van der Waals surface area contributed by atoms with Gasteiger partial charge in [-0.3, -0.25) is 4.79 Å². The van der Waals surface area contributed by atoms with Gasteiger partial charge in [0, 0.05) is 17.2 Å². The minimum Gasteiger partial charge on any atom is -0.466 e. The lowest BCUT2D eigenvalue weighted by atomic mass is 10.3. The standard InChI is InChI=1S/C11H18N2O2S2/c1-4-15-10(14)5-9-7-17-11(13-9)12-6-8(2)16-3/h7-8H,4-6H2,1-3H3,(H,12,13). The summed E-state index contributed by atoms with van der Waals surface area (Å²) in [5.41, 5.74) is 0.771. The first-order chi connectivity index (χ1) is 8.15. The summed E-state index contributed by atoms with van der Waals surface area (Å²) >= 11 is 3.33. The first kappa shape index (κ1) is 14.3. The highest BCUT2D eigenvalue weighted by atomic mass is 32.2. The number of hydrogen-bond donors (Lipinski definition) is 1. The van der Waals surface area contributed by atoms with Crippen LogP contribution in [0.2, 0.25) is 0 Å². The van der Waals surface area contributed by atoms with Crippen LogP contribution in [-0.2, 0) is 16.0 Å². The second-order valence-corrected chi connectivity index (χ2v) is 5.69.